The summed E-state index contributed by atoms with van der Waals surface area (Å²) in [5.74, 6) is 0.851. The highest BCUT2D eigenvalue weighted by Gasteiger charge is 2.14. The maximum atomic E-state index is 10.8. The average molecular weight is 210 g/mol. The minimum absolute atomic E-state index is 0.653. The molecule has 2 aromatic rings. The Morgan fingerprint density at radius 1 is 1.12 bits per heavy atom. The van der Waals surface area contributed by atoms with Crippen LogP contribution in [0.2, 0.25) is 0 Å². The van der Waals surface area contributed by atoms with Gasteiger partial charge in [-0.25, -0.2) is 0 Å². The molecular formula is C14H10O2. The van der Waals surface area contributed by atoms with E-state index < -0.39 is 0 Å². The van der Waals surface area contributed by atoms with Gasteiger partial charge in [0.25, 0.3) is 0 Å². The quantitative estimate of drug-likeness (QED) is 0.676. The van der Waals surface area contributed by atoms with E-state index in [1.807, 2.05) is 24.3 Å². The fraction of sp³-hybridized carbons (Fsp3) is 0.0714. The number of hydrogen-bond acceptors (Lipinski definition) is 2. The number of aldehydes is 1. The molecule has 0 bridgehead atoms. The lowest BCUT2D eigenvalue weighted by atomic mass is 9.97. The first kappa shape index (κ1) is 9.16. The number of ether oxygens (including phenoxy) is 1. The molecule has 0 aliphatic carbocycles. The number of rotatable bonds is 1. The molecule has 0 aromatic heterocycles. The van der Waals surface area contributed by atoms with Gasteiger partial charge in [-0.05, 0) is 16.8 Å². The van der Waals surface area contributed by atoms with Crippen LogP contribution in [-0.4, -0.2) is 6.29 Å². The van der Waals surface area contributed by atoms with Crippen molar-refractivity contribution in [3.63, 3.8) is 0 Å². The minimum Gasteiger partial charge on any atom is -0.464 e. The molecule has 0 atom stereocenters. The van der Waals surface area contributed by atoms with E-state index in [0.29, 0.717) is 12.0 Å². The van der Waals surface area contributed by atoms with Gasteiger partial charge in [0.2, 0.25) is 0 Å². The van der Waals surface area contributed by atoms with Gasteiger partial charge in [0.1, 0.15) is 12.0 Å². The van der Waals surface area contributed by atoms with Crippen molar-refractivity contribution in [2.45, 2.75) is 6.42 Å². The third kappa shape index (κ3) is 1.31. The summed E-state index contributed by atoms with van der Waals surface area (Å²) in [6.45, 7) is 0. The van der Waals surface area contributed by atoms with Crippen molar-refractivity contribution in [3.8, 4) is 5.75 Å². The van der Waals surface area contributed by atoms with Crippen LogP contribution in [-0.2, 0) is 11.2 Å². The van der Waals surface area contributed by atoms with Crippen molar-refractivity contribution in [2.75, 3.05) is 0 Å². The predicted octanol–water partition coefficient (Wildman–Crippen LogP) is 2.86. The first-order chi connectivity index (χ1) is 7.88. The summed E-state index contributed by atoms with van der Waals surface area (Å²) in [5, 5.41) is 2.34. The molecular weight excluding hydrogens is 200 g/mol. The molecule has 2 heteroatoms. The fourth-order valence-electron chi connectivity index (χ4n) is 2.06. The van der Waals surface area contributed by atoms with Crippen LogP contribution < -0.4 is 4.74 Å². The van der Waals surface area contributed by atoms with Crippen molar-refractivity contribution in [3.05, 3.63) is 53.8 Å². The Labute approximate surface area is 93.2 Å². The number of carbonyl (C=O) groups excluding carboxylic acids is 1. The van der Waals surface area contributed by atoms with Gasteiger partial charge in [0.05, 0.1) is 6.26 Å². The predicted molar refractivity (Wildman–Crippen MR) is 62.4 cm³/mol. The average Bonchev–Trinajstić information content (AvgIpc) is 2.38. The summed E-state index contributed by atoms with van der Waals surface area (Å²) < 4.78 is 5.44. The summed E-state index contributed by atoms with van der Waals surface area (Å²) in [5.41, 5.74) is 1.78. The number of fused-ring (bicyclic) bond motifs is 3. The molecule has 3 rings (SSSR count). The zero-order valence-electron chi connectivity index (χ0n) is 8.64. The lowest BCUT2D eigenvalue weighted by molar-refractivity contribution is -0.105. The molecule has 0 fully saturated rings. The standard InChI is InChI=1S/C14H10O2/c15-8-10-7-13-12-4-2-1-3-11(12)5-6-14(13)16-9-10/h1-6,8-9H,7H2. The van der Waals surface area contributed by atoms with Gasteiger partial charge in [0, 0.05) is 17.6 Å². The lowest BCUT2D eigenvalue weighted by Crippen LogP contribution is -2.04. The second-order valence-corrected chi connectivity index (χ2v) is 3.87. The Kier molecular flexibility index (Phi) is 2.00. The molecule has 0 amide bonds. The zero-order valence-corrected chi connectivity index (χ0v) is 8.64. The van der Waals surface area contributed by atoms with Gasteiger partial charge >= 0.3 is 0 Å². The minimum atomic E-state index is 0.653. The van der Waals surface area contributed by atoms with E-state index in [-0.39, 0.29) is 0 Å². The fourth-order valence-corrected chi connectivity index (χ4v) is 2.06. The van der Waals surface area contributed by atoms with Crippen molar-refractivity contribution in [1.29, 1.82) is 0 Å². The van der Waals surface area contributed by atoms with Gasteiger partial charge in [0.15, 0.2) is 0 Å². The lowest BCUT2D eigenvalue weighted by Gasteiger charge is -2.16. The smallest absolute Gasteiger partial charge is 0.149 e. The van der Waals surface area contributed by atoms with Gasteiger partial charge in [-0.2, -0.15) is 0 Å². The molecule has 0 spiro atoms. The summed E-state index contributed by atoms with van der Waals surface area (Å²) in [6.07, 6.45) is 3.04. The van der Waals surface area contributed by atoms with Gasteiger partial charge in [-0.15, -0.1) is 0 Å². The summed E-state index contributed by atoms with van der Waals surface area (Å²) >= 11 is 0. The van der Waals surface area contributed by atoms with Crippen molar-refractivity contribution in [2.24, 2.45) is 0 Å². The van der Waals surface area contributed by atoms with E-state index in [4.69, 9.17) is 4.74 Å². The molecule has 1 aliphatic rings. The first-order valence-corrected chi connectivity index (χ1v) is 5.20. The second kappa shape index (κ2) is 3.49. The Balaban J connectivity index is 2.25. The van der Waals surface area contributed by atoms with E-state index in [2.05, 4.69) is 12.1 Å². The van der Waals surface area contributed by atoms with Crippen molar-refractivity contribution < 1.29 is 9.53 Å². The summed E-state index contributed by atoms with van der Waals surface area (Å²) in [4.78, 5) is 10.8. The number of allylic oxidation sites excluding steroid dienone is 1. The SMILES string of the molecule is O=CC1=COc2ccc3ccccc3c2C1. The van der Waals surface area contributed by atoms with Crippen LogP contribution in [0.15, 0.2) is 48.2 Å². The van der Waals surface area contributed by atoms with Crippen LogP contribution in [0.4, 0.5) is 0 Å². The molecule has 0 N–H and O–H groups in total. The van der Waals surface area contributed by atoms with Crippen molar-refractivity contribution >= 4 is 17.1 Å². The highest BCUT2D eigenvalue weighted by Crippen LogP contribution is 2.32. The summed E-state index contributed by atoms with van der Waals surface area (Å²) in [6, 6.07) is 12.1. The monoisotopic (exact) mass is 210 g/mol. The van der Waals surface area contributed by atoms with E-state index >= 15 is 0 Å². The highest BCUT2D eigenvalue weighted by molar-refractivity contribution is 5.89. The third-order valence-electron chi connectivity index (χ3n) is 2.87. The van der Waals surface area contributed by atoms with Gasteiger partial charge < -0.3 is 4.74 Å². The van der Waals surface area contributed by atoms with Crippen LogP contribution in [0.3, 0.4) is 0 Å². The normalized spacial score (nSPS) is 13.9. The Morgan fingerprint density at radius 2 is 2.00 bits per heavy atom. The zero-order chi connectivity index (χ0) is 11.0. The molecule has 0 saturated carbocycles. The molecule has 16 heavy (non-hydrogen) atoms. The van der Waals surface area contributed by atoms with E-state index in [0.717, 1.165) is 23.0 Å². The molecule has 0 radical (unpaired) electrons. The molecule has 78 valence electrons. The van der Waals surface area contributed by atoms with Crippen LogP contribution in [0, 0.1) is 0 Å². The third-order valence-corrected chi connectivity index (χ3v) is 2.87. The largest absolute Gasteiger partial charge is 0.464 e. The van der Waals surface area contributed by atoms with Gasteiger partial charge in [-0.3, -0.25) is 4.79 Å². The van der Waals surface area contributed by atoms with Gasteiger partial charge in [-0.1, -0.05) is 30.3 Å². The molecule has 2 aromatic carbocycles. The Bertz CT molecular complexity index is 597. The Hall–Kier alpha value is -2.09. The van der Waals surface area contributed by atoms with Crippen LogP contribution in [0.5, 0.6) is 5.75 Å². The number of carbonyl (C=O) groups is 1. The maximum Gasteiger partial charge on any atom is 0.149 e. The molecule has 1 heterocycles. The summed E-state index contributed by atoms with van der Waals surface area (Å²) in [7, 11) is 0. The Morgan fingerprint density at radius 3 is 2.88 bits per heavy atom. The topological polar surface area (TPSA) is 26.3 Å². The molecule has 0 unspecified atom stereocenters. The van der Waals surface area contributed by atoms with Crippen LogP contribution in [0.1, 0.15) is 5.56 Å². The van der Waals surface area contributed by atoms with Crippen LogP contribution >= 0.6 is 0 Å². The van der Waals surface area contributed by atoms with Crippen molar-refractivity contribution in [1.82, 2.24) is 0 Å². The molecule has 1 aliphatic heterocycles. The molecule has 0 saturated heterocycles. The van der Waals surface area contributed by atoms with Crippen LogP contribution in [0.25, 0.3) is 10.8 Å². The highest BCUT2D eigenvalue weighted by atomic mass is 16.5. The first-order valence-electron chi connectivity index (χ1n) is 5.20. The number of hydrogen-bond donors (Lipinski definition) is 0. The van der Waals surface area contributed by atoms with E-state index in [1.165, 1.54) is 11.6 Å². The molecule has 2 nitrogen and oxygen atoms in total. The number of benzene rings is 2. The maximum absolute atomic E-state index is 10.8. The second-order valence-electron chi connectivity index (χ2n) is 3.87. The van der Waals surface area contributed by atoms with E-state index in [1.54, 1.807) is 0 Å². The van der Waals surface area contributed by atoms with E-state index in [9.17, 15) is 4.79 Å².